The van der Waals surface area contributed by atoms with Crippen LogP contribution in [0.2, 0.25) is 0 Å². The zero-order valence-electron chi connectivity index (χ0n) is 13.2. The smallest absolute Gasteiger partial charge is 0.222 e. The van der Waals surface area contributed by atoms with Crippen molar-refractivity contribution in [1.82, 2.24) is 4.90 Å². The molecule has 2 rings (SSSR count). The number of nitrogens with zero attached hydrogens (tertiary/aromatic N) is 1. The van der Waals surface area contributed by atoms with Crippen molar-refractivity contribution >= 4 is 15.7 Å². The van der Waals surface area contributed by atoms with Gasteiger partial charge in [-0.1, -0.05) is 12.1 Å². The van der Waals surface area contributed by atoms with Crippen LogP contribution in [-0.4, -0.2) is 49.9 Å². The Morgan fingerprint density at radius 1 is 1.39 bits per heavy atom. The summed E-state index contributed by atoms with van der Waals surface area (Å²) in [4.78, 5) is 13.9. The summed E-state index contributed by atoms with van der Waals surface area (Å²) in [6.45, 7) is 2.58. The monoisotopic (exact) mass is 343 g/mol. The molecule has 1 saturated heterocycles. The van der Waals surface area contributed by atoms with Gasteiger partial charge in [-0.25, -0.2) is 12.8 Å². The lowest BCUT2D eigenvalue weighted by Crippen LogP contribution is -2.41. The summed E-state index contributed by atoms with van der Waals surface area (Å²) < 4.78 is 41.8. The van der Waals surface area contributed by atoms with Gasteiger partial charge in [-0.3, -0.25) is 4.79 Å². The molecule has 1 atom stereocenters. The van der Waals surface area contributed by atoms with E-state index in [9.17, 15) is 17.6 Å². The minimum absolute atomic E-state index is 0.0539. The lowest BCUT2D eigenvalue weighted by Gasteiger charge is -2.26. The van der Waals surface area contributed by atoms with Crippen molar-refractivity contribution in [1.29, 1.82) is 0 Å². The van der Waals surface area contributed by atoms with E-state index in [1.165, 1.54) is 6.07 Å². The van der Waals surface area contributed by atoms with E-state index in [1.54, 1.807) is 23.1 Å². The van der Waals surface area contributed by atoms with Gasteiger partial charge < -0.3 is 9.64 Å². The van der Waals surface area contributed by atoms with E-state index in [0.29, 0.717) is 19.4 Å². The van der Waals surface area contributed by atoms with Crippen molar-refractivity contribution in [2.75, 3.05) is 24.7 Å². The molecular weight excluding hydrogens is 321 g/mol. The Kier molecular flexibility index (Phi) is 5.98. The third kappa shape index (κ3) is 4.92. The van der Waals surface area contributed by atoms with Gasteiger partial charge in [0.05, 0.1) is 18.1 Å². The highest BCUT2D eigenvalue weighted by atomic mass is 32.2. The predicted molar refractivity (Wildman–Crippen MR) is 85.6 cm³/mol. The fraction of sp³-hybridized carbons (Fsp3) is 0.562. The quantitative estimate of drug-likeness (QED) is 0.711. The van der Waals surface area contributed by atoms with E-state index in [0.717, 1.165) is 0 Å². The number of hydrogen-bond acceptors (Lipinski definition) is 4. The van der Waals surface area contributed by atoms with Gasteiger partial charge in [0.2, 0.25) is 5.91 Å². The minimum Gasteiger partial charge on any atom is -0.491 e. The molecular formula is C16H22FNO4S. The highest BCUT2D eigenvalue weighted by Gasteiger charge is 2.33. The first-order chi connectivity index (χ1) is 10.9. The van der Waals surface area contributed by atoms with Crippen LogP contribution in [0.3, 0.4) is 0 Å². The number of rotatable bonds is 7. The van der Waals surface area contributed by atoms with Gasteiger partial charge in [-0.05, 0) is 31.9 Å². The minimum atomic E-state index is -3.01. The maximum absolute atomic E-state index is 13.4. The van der Waals surface area contributed by atoms with Crippen LogP contribution in [0, 0.1) is 5.82 Å². The van der Waals surface area contributed by atoms with Gasteiger partial charge in [0, 0.05) is 19.0 Å². The Bertz CT molecular complexity index is 647. The third-order valence-corrected chi connectivity index (χ3v) is 5.69. The number of halogens is 1. The van der Waals surface area contributed by atoms with Crippen LogP contribution >= 0.6 is 0 Å². The van der Waals surface area contributed by atoms with Gasteiger partial charge in [-0.2, -0.15) is 0 Å². The highest BCUT2D eigenvalue weighted by Crippen LogP contribution is 2.19. The Morgan fingerprint density at radius 2 is 2.13 bits per heavy atom. The van der Waals surface area contributed by atoms with Gasteiger partial charge >= 0.3 is 0 Å². The SMILES string of the molecule is CCN(C(=O)CCCOc1ccccc1F)C1CCS(=O)(=O)C1. The Morgan fingerprint density at radius 3 is 2.74 bits per heavy atom. The molecule has 0 aliphatic carbocycles. The van der Waals surface area contributed by atoms with Crippen LogP contribution in [-0.2, 0) is 14.6 Å². The van der Waals surface area contributed by atoms with Gasteiger partial charge in [0.15, 0.2) is 21.4 Å². The highest BCUT2D eigenvalue weighted by molar-refractivity contribution is 7.91. The standard InChI is InChI=1S/C16H22FNO4S/c1-2-18(13-9-11-23(20,21)12-13)16(19)8-5-10-22-15-7-4-3-6-14(15)17/h3-4,6-7,13H,2,5,8-12H2,1H3. The summed E-state index contributed by atoms with van der Waals surface area (Å²) in [5.41, 5.74) is 0. The zero-order chi connectivity index (χ0) is 16.9. The lowest BCUT2D eigenvalue weighted by molar-refractivity contribution is -0.133. The Labute approximate surface area is 136 Å². The lowest BCUT2D eigenvalue weighted by atomic mass is 10.2. The molecule has 128 valence electrons. The van der Waals surface area contributed by atoms with E-state index in [2.05, 4.69) is 0 Å². The third-order valence-electron chi connectivity index (χ3n) is 3.94. The largest absolute Gasteiger partial charge is 0.491 e. The Hall–Kier alpha value is -1.63. The van der Waals surface area contributed by atoms with Crippen LogP contribution in [0.25, 0.3) is 0 Å². The summed E-state index contributed by atoms with van der Waals surface area (Å²) >= 11 is 0. The second-order valence-corrected chi connectivity index (χ2v) is 7.85. The number of hydrogen-bond donors (Lipinski definition) is 0. The molecule has 0 aromatic heterocycles. The molecule has 0 bridgehead atoms. The molecule has 1 aromatic carbocycles. The molecule has 1 unspecified atom stereocenters. The van der Waals surface area contributed by atoms with E-state index >= 15 is 0 Å². The van der Waals surface area contributed by atoms with Crippen molar-refractivity contribution < 1.29 is 22.3 Å². The second-order valence-electron chi connectivity index (χ2n) is 5.62. The topological polar surface area (TPSA) is 63.7 Å². The van der Waals surface area contributed by atoms with E-state index < -0.39 is 15.7 Å². The van der Waals surface area contributed by atoms with Gasteiger partial charge in [0.25, 0.3) is 0 Å². The molecule has 1 heterocycles. The summed E-state index contributed by atoms with van der Waals surface area (Å²) in [7, 11) is -3.01. The summed E-state index contributed by atoms with van der Waals surface area (Å²) in [5.74, 6) is -0.123. The fourth-order valence-corrected chi connectivity index (χ4v) is 4.50. The molecule has 1 aliphatic rings. The molecule has 5 nitrogen and oxygen atoms in total. The van der Waals surface area contributed by atoms with Crippen LogP contribution in [0.5, 0.6) is 5.75 Å². The summed E-state index contributed by atoms with van der Waals surface area (Å²) in [6.07, 6.45) is 1.23. The second kappa shape index (κ2) is 7.77. The first-order valence-electron chi connectivity index (χ1n) is 7.80. The molecule has 7 heteroatoms. The molecule has 23 heavy (non-hydrogen) atoms. The molecule has 0 N–H and O–H groups in total. The van der Waals surface area contributed by atoms with E-state index in [4.69, 9.17) is 4.74 Å². The Balaban J connectivity index is 1.78. The molecule has 1 amide bonds. The predicted octanol–water partition coefficient (Wildman–Crippen LogP) is 2.02. The molecule has 1 aromatic rings. The normalized spacial score (nSPS) is 19.5. The number of para-hydroxylation sites is 1. The van der Waals surface area contributed by atoms with Gasteiger partial charge in [-0.15, -0.1) is 0 Å². The number of amides is 1. The van der Waals surface area contributed by atoms with Crippen molar-refractivity contribution in [2.24, 2.45) is 0 Å². The molecule has 1 aliphatic heterocycles. The molecule has 1 fully saturated rings. The first-order valence-corrected chi connectivity index (χ1v) is 9.62. The maximum Gasteiger partial charge on any atom is 0.222 e. The van der Waals surface area contributed by atoms with Crippen LogP contribution < -0.4 is 4.74 Å². The van der Waals surface area contributed by atoms with Crippen molar-refractivity contribution in [3.05, 3.63) is 30.1 Å². The van der Waals surface area contributed by atoms with Crippen molar-refractivity contribution in [2.45, 2.75) is 32.2 Å². The molecule has 0 radical (unpaired) electrons. The van der Waals surface area contributed by atoms with E-state index in [1.807, 2.05) is 6.92 Å². The zero-order valence-corrected chi connectivity index (χ0v) is 14.0. The van der Waals surface area contributed by atoms with Crippen molar-refractivity contribution in [3.8, 4) is 5.75 Å². The maximum atomic E-state index is 13.4. The average Bonchev–Trinajstić information content (AvgIpc) is 2.86. The number of carbonyl (C=O) groups is 1. The van der Waals surface area contributed by atoms with Crippen LogP contribution in [0.4, 0.5) is 4.39 Å². The first kappa shape index (κ1) is 17.7. The van der Waals surface area contributed by atoms with Crippen molar-refractivity contribution in [3.63, 3.8) is 0 Å². The van der Waals surface area contributed by atoms with Gasteiger partial charge in [0.1, 0.15) is 0 Å². The fourth-order valence-electron chi connectivity index (χ4n) is 2.77. The number of carbonyl (C=O) groups excluding carboxylic acids is 1. The number of benzene rings is 1. The molecule has 0 saturated carbocycles. The summed E-state index contributed by atoms with van der Waals surface area (Å²) in [5, 5.41) is 0. The van der Waals surface area contributed by atoms with E-state index in [-0.39, 0.29) is 42.2 Å². The van der Waals surface area contributed by atoms with Crippen LogP contribution in [0.1, 0.15) is 26.2 Å². The average molecular weight is 343 g/mol. The summed E-state index contributed by atoms with van der Waals surface area (Å²) in [6, 6.07) is 5.91. The number of sulfone groups is 1. The number of ether oxygens (including phenoxy) is 1. The molecule has 0 spiro atoms. The van der Waals surface area contributed by atoms with Crippen LogP contribution in [0.15, 0.2) is 24.3 Å².